The number of morpholine rings is 1. The van der Waals surface area contributed by atoms with Crippen molar-refractivity contribution in [3.05, 3.63) is 35.4 Å². The highest BCUT2D eigenvalue weighted by Crippen LogP contribution is 2.14. The van der Waals surface area contributed by atoms with E-state index >= 15 is 0 Å². The molecule has 126 valence electrons. The maximum Gasteiger partial charge on any atom is 0.193 e. The number of benzene rings is 1. The van der Waals surface area contributed by atoms with Crippen LogP contribution in [0.3, 0.4) is 0 Å². The number of rotatable bonds is 4. The Kier molecular flexibility index (Phi) is 5.88. The molecule has 2 aliphatic rings. The number of hydrogen-bond acceptors (Lipinski definition) is 3. The van der Waals surface area contributed by atoms with E-state index in [9.17, 15) is 0 Å². The molecule has 0 bridgehead atoms. The minimum atomic E-state index is 0.837. The van der Waals surface area contributed by atoms with Crippen LogP contribution in [-0.4, -0.2) is 62.2 Å². The van der Waals surface area contributed by atoms with Gasteiger partial charge < -0.3 is 15.0 Å². The summed E-state index contributed by atoms with van der Waals surface area (Å²) >= 11 is 0. The van der Waals surface area contributed by atoms with E-state index in [4.69, 9.17) is 4.74 Å². The highest BCUT2D eigenvalue weighted by atomic mass is 16.5. The fraction of sp³-hybridized carbons (Fsp3) is 0.611. The highest BCUT2D eigenvalue weighted by molar-refractivity contribution is 5.80. The number of aliphatic imine (C=N–C) groups is 1. The van der Waals surface area contributed by atoms with E-state index in [0.29, 0.717) is 0 Å². The Labute approximate surface area is 139 Å². The molecular formula is C18H28N4O. The molecule has 23 heavy (non-hydrogen) atoms. The van der Waals surface area contributed by atoms with Crippen LogP contribution in [0.5, 0.6) is 0 Å². The van der Waals surface area contributed by atoms with Gasteiger partial charge in [-0.2, -0.15) is 0 Å². The average molecular weight is 316 g/mol. The van der Waals surface area contributed by atoms with Gasteiger partial charge in [0, 0.05) is 46.3 Å². The van der Waals surface area contributed by atoms with Gasteiger partial charge >= 0.3 is 0 Å². The van der Waals surface area contributed by atoms with Gasteiger partial charge in [0.15, 0.2) is 5.96 Å². The van der Waals surface area contributed by atoms with Crippen LogP contribution in [0.15, 0.2) is 29.3 Å². The van der Waals surface area contributed by atoms with E-state index in [0.717, 1.165) is 58.4 Å². The molecule has 0 atom stereocenters. The Balaban J connectivity index is 1.60. The summed E-state index contributed by atoms with van der Waals surface area (Å²) < 4.78 is 5.44. The van der Waals surface area contributed by atoms with Crippen molar-refractivity contribution in [3.8, 4) is 0 Å². The van der Waals surface area contributed by atoms with Gasteiger partial charge in [-0.1, -0.05) is 24.3 Å². The topological polar surface area (TPSA) is 40.1 Å². The molecular weight excluding hydrogens is 288 g/mol. The molecule has 0 saturated carbocycles. The number of ether oxygens (including phenoxy) is 1. The zero-order valence-corrected chi connectivity index (χ0v) is 14.1. The van der Waals surface area contributed by atoms with Gasteiger partial charge in [-0.15, -0.1) is 0 Å². The second kappa shape index (κ2) is 8.31. The SMILES string of the molecule is CN=C(NCc1ccccc1CN1CCOCC1)N1CCCC1. The van der Waals surface area contributed by atoms with Crippen LogP contribution in [0.25, 0.3) is 0 Å². The van der Waals surface area contributed by atoms with Crippen molar-refractivity contribution in [3.63, 3.8) is 0 Å². The first kappa shape index (κ1) is 16.3. The Morgan fingerprint density at radius 3 is 2.48 bits per heavy atom. The third kappa shape index (κ3) is 4.45. The molecule has 0 aromatic heterocycles. The van der Waals surface area contributed by atoms with E-state index < -0.39 is 0 Å². The molecule has 5 heteroatoms. The van der Waals surface area contributed by atoms with Gasteiger partial charge in [0.1, 0.15) is 0 Å². The Morgan fingerprint density at radius 1 is 1.09 bits per heavy atom. The molecule has 0 aliphatic carbocycles. The van der Waals surface area contributed by atoms with Crippen LogP contribution in [0.1, 0.15) is 24.0 Å². The number of likely N-dealkylation sites (tertiary alicyclic amines) is 1. The molecule has 0 amide bonds. The molecule has 2 fully saturated rings. The van der Waals surface area contributed by atoms with Crippen molar-refractivity contribution in [1.82, 2.24) is 15.1 Å². The molecule has 1 N–H and O–H groups in total. The lowest BCUT2D eigenvalue weighted by molar-refractivity contribution is 0.0341. The predicted molar refractivity (Wildman–Crippen MR) is 93.5 cm³/mol. The van der Waals surface area contributed by atoms with Crippen LogP contribution in [0.2, 0.25) is 0 Å². The third-order valence-electron chi connectivity index (χ3n) is 4.67. The number of hydrogen-bond donors (Lipinski definition) is 1. The van der Waals surface area contributed by atoms with Crippen molar-refractivity contribution in [1.29, 1.82) is 0 Å². The van der Waals surface area contributed by atoms with Crippen LogP contribution in [0, 0.1) is 0 Å². The molecule has 5 nitrogen and oxygen atoms in total. The largest absolute Gasteiger partial charge is 0.379 e. The van der Waals surface area contributed by atoms with Gasteiger partial charge in [-0.25, -0.2) is 0 Å². The van der Waals surface area contributed by atoms with E-state index in [1.165, 1.54) is 24.0 Å². The van der Waals surface area contributed by atoms with E-state index in [1.54, 1.807) is 0 Å². The van der Waals surface area contributed by atoms with Crippen LogP contribution < -0.4 is 5.32 Å². The second-order valence-electron chi connectivity index (χ2n) is 6.25. The normalized spacial score (nSPS) is 20.0. The first-order chi connectivity index (χ1) is 11.4. The Hall–Kier alpha value is -1.59. The van der Waals surface area contributed by atoms with Crippen LogP contribution >= 0.6 is 0 Å². The molecule has 2 aliphatic heterocycles. The standard InChI is InChI=1S/C18H28N4O/c1-19-18(22-8-4-5-9-22)20-14-16-6-2-3-7-17(16)15-21-10-12-23-13-11-21/h2-3,6-7H,4-5,8-15H2,1H3,(H,19,20). The average Bonchev–Trinajstić information content (AvgIpc) is 3.12. The summed E-state index contributed by atoms with van der Waals surface area (Å²) in [6.07, 6.45) is 2.54. The first-order valence-corrected chi connectivity index (χ1v) is 8.69. The van der Waals surface area contributed by atoms with Crippen molar-refractivity contribution in [2.24, 2.45) is 4.99 Å². The zero-order valence-electron chi connectivity index (χ0n) is 14.1. The third-order valence-corrected chi connectivity index (χ3v) is 4.67. The minimum absolute atomic E-state index is 0.837. The van der Waals surface area contributed by atoms with Gasteiger partial charge in [-0.05, 0) is 24.0 Å². The van der Waals surface area contributed by atoms with E-state index in [1.807, 2.05) is 7.05 Å². The molecule has 1 aromatic carbocycles. The molecule has 2 saturated heterocycles. The van der Waals surface area contributed by atoms with E-state index in [2.05, 4.69) is 44.4 Å². The van der Waals surface area contributed by atoms with Crippen LogP contribution in [-0.2, 0) is 17.8 Å². The maximum absolute atomic E-state index is 5.44. The Bertz CT molecular complexity index is 520. The lowest BCUT2D eigenvalue weighted by atomic mass is 10.1. The summed E-state index contributed by atoms with van der Waals surface area (Å²) in [7, 11) is 1.88. The van der Waals surface area contributed by atoms with Crippen molar-refractivity contribution < 1.29 is 4.74 Å². The fourth-order valence-electron chi connectivity index (χ4n) is 3.32. The summed E-state index contributed by atoms with van der Waals surface area (Å²) in [6, 6.07) is 8.72. The number of nitrogens with zero attached hydrogens (tertiary/aromatic N) is 3. The number of guanidine groups is 1. The van der Waals surface area contributed by atoms with Gasteiger partial charge in [0.05, 0.1) is 13.2 Å². The second-order valence-corrected chi connectivity index (χ2v) is 6.25. The summed E-state index contributed by atoms with van der Waals surface area (Å²) in [5, 5.41) is 3.54. The summed E-state index contributed by atoms with van der Waals surface area (Å²) in [5.74, 6) is 1.03. The monoisotopic (exact) mass is 316 g/mol. The lowest BCUT2D eigenvalue weighted by Gasteiger charge is -2.27. The quantitative estimate of drug-likeness (QED) is 0.678. The summed E-state index contributed by atoms with van der Waals surface area (Å²) in [6.45, 7) is 7.83. The molecule has 1 aromatic rings. The molecule has 0 spiro atoms. The van der Waals surface area contributed by atoms with Crippen LogP contribution in [0.4, 0.5) is 0 Å². The molecule has 3 rings (SSSR count). The summed E-state index contributed by atoms with van der Waals surface area (Å²) in [4.78, 5) is 9.26. The predicted octanol–water partition coefficient (Wildman–Crippen LogP) is 1.69. The fourth-order valence-corrected chi connectivity index (χ4v) is 3.32. The first-order valence-electron chi connectivity index (χ1n) is 8.69. The van der Waals surface area contributed by atoms with Gasteiger partial charge in [0.25, 0.3) is 0 Å². The number of nitrogens with one attached hydrogen (secondary N) is 1. The molecule has 0 radical (unpaired) electrons. The van der Waals surface area contributed by atoms with E-state index in [-0.39, 0.29) is 0 Å². The highest BCUT2D eigenvalue weighted by Gasteiger charge is 2.16. The minimum Gasteiger partial charge on any atom is -0.379 e. The summed E-state index contributed by atoms with van der Waals surface area (Å²) in [5.41, 5.74) is 2.76. The maximum atomic E-state index is 5.44. The van der Waals surface area contributed by atoms with Crippen molar-refractivity contribution in [2.45, 2.75) is 25.9 Å². The Morgan fingerprint density at radius 2 is 1.78 bits per heavy atom. The van der Waals surface area contributed by atoms with Gasteiger partial charge in [-0.3, -0.25) is 9.89 Å². The van der Waals surface area contributed by atoms with Gasteiger partial charge in [0.2, 0.25) is 0 Å². The van der Waals surface area contributed by atoms with Crippen molar-refractivity contribution >= 4 is 5.96 Å². The molecule has 2 heterocycles. The zero-order chi connectivity index (χ0) is 15.9. The molecule has 0 unspecified atom stereocenters. The lowest BCUT2D eigenvalue weighted by Crippen LogP contribution is -2.39. The van der Waals surface area contributed by atoms with Crippen molar-refractivity contribution in [2.75, 3.05) is 46.4 Å². The smallest absolute Gasteiger partial charge is 0.193 e.